The van der Waals surface area contributed by atoms with Gasteiger partial charge in [-0.1, -0.05) is 66.2 Å². The van der Waals surface area contributed by atoms with Crippen LogP contribution in [-0.2, 0) is 16.1 Å². The molecule has 1 aromatic heterocycles. The number of Topliss-reactive ketones (excluding diaryl/α,β-unsaturated/α-hetero) is 1. The highest BCUT2D eigenvalue weighted by Crippen LogP contribution is 2.48. The lowest BCUT2D eigenvalue weighted by atomic mass is 9.79. The van der Waals surface area contributed by atoms with Crippen molar-refractivity contribution in [2.45, 2.75) is 19.4 Å². The molecule has 1 aliphatic heterocycles. The SMILES string of the molecule is COC(=O)C1=C(C)NC2=C(C(=O)c3ccccc32)[C@@H]1c1cn(Cc2ccc(Cl)cc2)c2ccccc12. The third-order valence-corrected chi connectivity index (χ3v) is 7.30. The summed E-state index contributed by atoms with van der Waals surface area (Å²) in [6.45, 7) is 2.49. The van der Waals surface area contributed by atoms with Gasteiger partial charge in [0.25, 0.3) is 0 Å². The maximum Gasteiger partial charge on any atom is 0.336 e. The van der Waals surface area contributed by atoms with Crippen LogP contribution in [0.15, 0.2) is 95.8 Å². The molecular weight excluding hydrogens is 472 g/mol. The highest BCUT2D eigenvalue weighted by molar-refractivity contribution is 6.30. The van der Waals surface area contributed by atoms with Crippen LogP contribution < -0.4 is 5.32 Å². The number of nitrogens with zero attached hydrogens (tertiary/aromatic N) is 1. The van der Waals surface area contributed by atoms with Crippen molar-refractivity contribution in [1.82, 2.24) is 9.88 Å². The molecule has 36 heavy (non-hydrogen) atoms. The molecule has 3 aromatic carbocycles. The van der Waals surface area contributed by atoms with Gasteiger partial charge in [0.2, 0.25) is 0 Å². The molecule has 0 radical (unpaired) electrons. The van der Waals surface area contributed by atoms with Crippen LogP contribution in [0.2, 0.25) is 5.02 Å². The summed E-state index contributed by atoms with van der Waals surface area (Å²) < 4.78 is 7.37. The van der Waals surface area contributed by atoms with Crippen molar-refractivity contribution in [3.63, 3.8) is 0 Å². The molecule has 0 amide bonds. The summed E-state index contributed by atoms with van der Waals surface area (Å²) in [5, 5.41) is 5.03. The Morgan fingerprint density at radius 2 is 1.69 bits per heavy atom. The van der Waals surface area contributed by atoms with E-state index in [1.165, 1.54) is 7.11 Å². The molecule has 0 fully saturated rings. The zero-order valence-electron chi connectivity index (χ0n) is 19.8. The Labute approximate surface area is 213 Å². The number of allylic oxidation sites excluding steroid dienone is 2. The summed E-state index contributed by atoms with van der Waals surface area (Å²) in [4.78, 5) is 26.9. The van der Waals surface area contributed by atoms with Crippen molar-refractivity contribution < 1.29 is 14.3 Å². The fourth-order valence-electron chi connectivity index (χ4n) is 5.44. The number of rotatable bonds is 4. The molecule has 6 heteroatoms. The van der Waals surface area contributed by atoms with E-state index >= 15 is 0 Å². The average Bonchev–Trinajstić information content (AvgIpc) is 3.39. The van der Waals surface area contributed by atoms with E-state index in [9.17, 15) is 9.59 Å². The van der Waals surface area contributed by atoms with Gasteiger partial charge in [-0.2, -0.15) is 0 Å². The molecule has 1 N–H and O–H groups in total. The summed E-state index contributed by atoms with van der Waals surface area (Å²) in [6, 6.07) is 23.4. The highest BCUT2D eigenvalue weighted by atomic mass is 35.5. The molecule has 5 nitrogen and oxygen atoms in total. The Bertz CT molecular complexity index is 1630. The monoisotopic (exact) mass is 494 g/mol. The smallest absolute Gasteiger partial charge is 0.336 e. The number of carbonyl (C=O) groups excluding carboxylic acids is 2. The summed E-state index contributed by atoms with van der Waals surface area (Å²) in [5.41, 5.74) is 7.00. The number of ketones is 1. The predicted molar refractivity (Wildman–Crippen MR) is 141 cm³/mol. The summed E-state index contributed by atoms with van der Waals surface area (Å²) in [5.74, 6) is -1.08. The van der Waals surface area contributed by atoms with Gasteiger partial charge in [-0.15, -0.1) is 0 Å². The van der Waals surface area contributed by atoms with E-state index in [1.807, 2.05) is 73.7 Å². The maximum absolute atomic E-state index is 13.8. The average molecular weight is 495 g/mol. The fraction of sp³-hybridized carbons (Fsp3) is 0.133. The Balaban J connectivity index is 1.57. The van der Waals surface area contributed by atoms with Gasteiger partial charge >= 0.3 is 5.97 Å². The molecule has 2 heterocycles. The number of ether oxygens (including phenoxy) is 1. The number of esters is 1. The molecule has 4 aromatic rings. The van der Waals surface area contributed by atoms with Crippen LogP contribution >= 0.6 is 11.6 Å². The Kier molecular flexibility index (Phi) is 5.31. The standard InChI is InChI=1S/C30H23ClN2O3/c1-17-25(30(35)36-2)26(27-28(32-17)21-8-3-4-9-22(21)29(27)34)23-16-33(24-10-6-5-7-20(23)24)15-18-11-13-19(31)14-12-18/h3-14,16,26,32H,15H2,1-2H3/t26-/m1/s1. The lowest BCUT2D eigenvalue weighted by Crippen LogP contribution is -2.29. The van der Waals surface area contributed by atoms with Crippen molar-refractivity contribution in [3.8, 4) is 0 Å². The molecule has 0 saturated carbocycles. The van der Waals surface area contributed by atoms with Crippen LogP contribution in [-0.4, -0.2) is 23.4 Å². The number of nitrogens with one attached hydrogen (secondary N) is 1. The van der Waals surface area contributed by atoms with Gasteiger partial charge in [-0.05, 0) is 36.2 Å². The normalized spacial score (nSPS) is 16.8. The first-order chi connectivity index (χ1) is 17.5. The van der Waals surface area contributed by atoms with Gasteiger partial charge in [0.1, 0.15) is 0 Å². The van der Waals surface area contributed by atoms with Crippen LogP contribution in [0.25, 0.3) is 16.6 Å². The van der Waals surface area contributed by atoms with Crippen LogP contribution in [0.5, 0.6) is 0 Å². The van der Waals surface area contributed by atoms with Crippen LogP contribution in [0.1, 0.15) is 39.9 Å². The van der Waals surface area contributed by atoms with E-state index in [-0.39, 0.29) is 5.78 Å². The number of hydrogen-bond donors (Lipinski definition) is 1. The minimum Gasteiger partial charge on any atom is -0.466 e. The lowest BCUT2D eigenvalue weighted by Gasteiger charge is -2.28. The first kappa shape index (κ1) is 22.4. The van der Waals surface area contributed by atoms with Crippen LogP contribution in [0.4, 0.5) is 0 Å². The van der Waals surface area contributed by atoms with Crippen molar-refractivity contribution in [2.75, 3.05) is 7.11 Å². The topological polar surface area (TPSA) is 60.3 Å². The van der Waals surface area contributed by atoms with Gasteiger partial charge in [0.15, 0.2) is 5.78 Å². The molecule has 0 bridgehead atoms. The zero-order chi connectivity index (χ0) is 25.0. The number of benzene rings is 3. The first-order valence-corrected chi connectivity index (χ1v) is 12.1. The quantitative estimate of drug-likeness (QED) is 0.349. The van der Waals surface area contributed by atoms with Crippen molar-refractivity contribution >= 4 is 40.0 Å². The lowest BCUT2D eigenvalue weighted by molar-refractivity contribution is -0.136. The largest absolute Gasteiger partial charge is 0.466 e. The summed E-state index contributed by atoms with van der Waals surface area (Å²) in [6.07, 6.45) is 2.06. The predicted octanol–water partition coefficient (Wildman–Crippen LogP) is 6.08. The number of carbonyl (C=O) groups is 2. The van der Waals surface area contributed by atoms with Crippen LogP contribution in [0.3, 0.4) is 0 Å². The fourth-order valence-corrected chi connectivity index (χ4v) is 5.57. The van der Waals surface area contributed by atoms with Gasteiger partial charge in [-0.25, -0.2) is 4.79 Å². The van der Waals surface area contributed by atoms with E-state index in [0.29, 0.717) is 34.0 Å². The number of hydrogen-bond acceptors (Lipinski definition) is 4. The Hall–Kier alpha value is -4.09. The molecule has 1 atom stereocenters. The second-order valence-corrected chi connectivity index (χ2v) is 9.54. The van der Waals surface area contributed by atoms with E-state index in [1.54, 1.807) is 0 Å². The number of halogens is 1. The molecule has 0 unspecified atom stereocenters. The Morgan fingerprint density at radius 1 is 1.00 bits per heavy atom. The molecule has 6 rings (SSSR count). The van der Waals surface area contributed by atoms with Gasteiger partial charge in [0.05, 0.1) is 24.3 Å². The number of aromatic nitrogens is 1. The molecule has 0 spiro atoms. The summed E-state index contributed by atoms with van der Waals surface area (Å²) in [7, 11) is 1.37. The van der Waals surface area contributed by atoms with Gasteiger partial charge in [0, 0.05) is 51.1 Å². The van der Waals surface area contributed by atoms with E-state index in [2.05, 4.69) is 22.1 Å². The molecule has 178 valence electrons. The van der Waals surface area contributed by atoms with Crippen LogP contribution in [0, 0.1) is 0 Å². The molecule has 0 saturated heterocycles. The van der Waals surface area contributed by atoms with Crippen molar-refractivity contribution in [3.05, 3.63) is 123 Å². The molecule has 2 aliphatic rings. The first-order valence-electron chi connectivity index (χ1n) is 11.7. The van der Waals surface area contributed by atoms with E-state index < -0.39 is 11.9 Å². The summed E-state index contributed by atoms with van der Waals surface area (Å²) >= 11 is 6.09. The number of fused-ring (bicyclic) bond motifs is 3. The van der Waals surface area contributed by atoms with Crippen molar-refractivity contribution in [2.24, 2.45) is 0 Å². The second kappa shape index (κ2) is 8.54. The minimum absolute atomic E-state index is 0.0680. The number of methoxy groups -OCH3 is 1. The Morgan fingerprint density at radius 3 is 2.44 bits per heavy atom. The maximum atomic E-state index is 13.8. The number of dihydropyridines is 1. The third-order valence-electron chi connectivity index (χ3n) is 7.05. The van der Waals surface area contributed by atoms with Gasteiger partial charge < -0.3 is 14.6 Å². The molecular formula is C30H23ClN2O3. The van der Waals surface area contributed by atoms with Crippen molar-refractivity contribution in [1.29, 1.82) is 0 Å². The van der Waals surface area contributed by atoms with Gasteiger partial charge in [-0.3, -0.25) is 4.79 Å². The van der Waals surface area contributed by atoms with E-state index in [0.717, 1.165) is 33.3 Å². The highest BCUT2D eigenvalue weighted by Gasteiger charge is 2.43. The second-order valence-electron chi connectivity index (χ2n) is 9.11. The number of para-hydroxylation sites is 1. The zero-order valence-corrected chi connectivity index (χ0v) is 20.6. The van der Waals surface area contributed by atoms with E-state index in [4.69, 9.17) is 16.3 Å². The molecule has 1 aliphatic carbocycles. The minimum atomic E-state index is -0.565. The third kappa shape index (κ3) is 3.39.